The van der Waals surface area contributed by atoms with Gasteiger partial charge in [-0.3, -0.25) is 0 Å². The van der Waals surface area contributed by atoms with Crippen LogP contribution in [-0.2, 0) is 19.6 Å². The van der Waals surface area contributed by atoms with E-state index in [2.05, 4.69) is 38.2 Å². The summed E-state index contributed by atoms with van der Waals surface area (Å²) in [7, 11) is -4.82. The summed E-state index contributed by atoms with van der Waals surface area (Å²) in [6, 6.07) is 3.13. The fraction of sp³-hybridized carbons (Fsp3) is 0.760. The molecule has 0 aromatic heterocycles. The Bertz CT molecular complexity index is 1310. The minimum absolute atomic E-state index is 0. The summed E-state index contributed by atoms with van der Waals surface area (Å²) in [6.07, 6.45) is 50.8. The Kier molecular flexibility index (Phi) is 40.9. The second-order valence-corrected chi connectivity index (χ2v) is 17.8. The monoisotopic (exact) mass is 853 g/mol. The van der Waals surface area contributed by atoms with Gasteiger partial charge in [0.25, 0.3) is 0 Å². The fourth-order valence-corrected chi connectivity index (χ4v) is 7.77. The summed E-state index contributed by atoms with van der Waals surface area (Å²) in [5.41, 5.74) is -0.351. The van der Waals surface area contributed by atoms with Crippen LogP contribution in [-0.4, -0.2) is 38.1 Å². The maximum atomic E-state index is 13.0. The number of carbonyl (C=O) groups is 2. The van der Waals surface area contributed by atoms with E-state index in [1.165, 1.54) is 147 Å². The van der Waals surface area contributed by atoms with Crippen molar-refractivity contribution in [3.63, 3.8) is 0 Å². The van der Waals surface area contributed by atoms with Gasteiger partial charge < -0.3 is 14.0 Å². The van der Waals surface area contributed by atoms with Crippen molar-refractivity contribution in [3.05, 3.63) is 53.6 Å². The average molecular weight is 853 g/mol. The van der Waals surface area contributed by atoms with Gasteiger partial charge >= 0.3 is 41.5 Å². The van der Waals surface area contributed by atoms with Crippen LogP contribution >= 0.6 is 0 Å². The number of rotatable bonds is 41. The normalized spacial score (nSPS) is 11.7. The summed E-state index contributed by atoms with van der Waals surface area (Å²) in [5.74, 6) is -1.56. The molecule has 7 nitrogen and oxygen atoms in total. The van der Waals surface area contributed by atoms with Gasteiger partial charge in [-0.15, -0.1) is 0 Å². The Hall–Kier alpha value is -1.45. The fourth-order valence-electron chi connectivity index (χ4n) is 7.27. The minimum Gasteiger partial charge on any atom is -0.744 e. The molecule has 0 saturated heterocycles. The molecule has 0 spiro atoms. The van der Waals surface area contributed by atoms with Crippen molar-refractivity contribution >= 4 is 22.1 Å². The molecule has 59 heavy (non-hydrogen) atoms. The number of benzene rings is 1. The molecular weight excluding hydrogens is 768 g/mol. The van der Waals surface area contributed by atoms with E-state index >= 15 is 0 Å². The molecular formula is C50H85NaO7S. The Balaban J connectivity index is 0.0000336. The topological polar surface area (TPSA) is 110 Å². The van der Waals surface area contributed by atoms with E-state index in [-0.39, 0.29) is 53.9 Å². The molecule has 0 fully saturated rings. The third-order valence-electron chi connectivity index (χ3n) is 11.0. The molecule has 1 aromatic rings. The molecule has 9 heteroatoms. The van der Waals surface area contributed by atoms with Crippen molar-refractivity contribution in [1.82, 2.24) is 0 Å². The molecule has 0 aliphatic carbocycles. The van der Waals surface area contributed by atoms with Gasteiger partial charge in [0.1, 0.15) is 10.1 Å². The number of hydrogen-bond acceptors (Lipinski definition) is 7. The summed E-state index contributed by atoms with van der Waals surface area (Å²) >= 11 is 0. The Morgan fingerprint density at radius 2 is 0.746 bits per heavy atom. The number of allylic oxidation sites excluding steroid dienone is 4. The quantitative estimate of drug-likeness (QED) is 0.0212. The Morgan fingerprint density at radius 1 is 0.458 bits per heavy atom. The van der Waals surface area contributed by atoms with Crippen LogP contribution in [0.1, 0.15) is 253 Å². The van der Waals surface area contributed by atoms with Gasteiger partial charge in [0, 0.05) is 0 Å². The van der Waals surface area contributed by atoms with Gasteiger partial charge in [0.15, 0.2) is 0 Å². The van der Waals surface area contributed by atoms with Crippen LogP contribution in [0.25, 0.3) is 0 Å². The maximum absolute atomic E-state index is 13.0. The van der Waals surface area contributed by atoms with Crippen molar-refractivity contribution in [2.24, 2.45) is 0 Å². The summed E-state index contributed by atoms with van der Waals surface area (Å²) in [6.45, 7) is 4.88. The molecule has 0 aliphatic heterocycles. The van der Waals surface area contributed by atoms with Crippen LogP contribution in [0.15, 0.2) is 47.4 Å². The van der Waals surface area contributed by atoms with Crippen LogP contribution in [0.3, 0.4) is 0 Å². The SMILES string of the molecule is CCCCCCCCCCCC/C=C/CCCCCCCOC(=O)c1ccc(S(=O)(=O)[O-])cc1C(=O)OCCCCCCC/C=C/CCCCCCCCCCCC.[Na+]. The number of esters is 2. The van der Waals surface area contributed by atoms with Gasteiger partial charge in [0.2, 0.25) is 0 Å². The third-order valence-corrected chi connectivity index (χ3v) is 11.8. The summed E-state index contributed by atoms with van der Waals surface area (Å²) in [4.78, 5) is 25.3. The first kappa shape index (κ1) is 57.5. The van der Waals surface area contributed by atoms with E-state index in [1.54, 1.807) is 0 Å². The van der Waals surface area contributed by atoms with Crippen molar-refractivity contribution < 1.29 is 61.6 Å². The zero-order chi connectivity index (χ0) is 42.2. The van der Waals surface area contributed by atoms with Crippen molar-refractivity contribution in [2.75, 3.05) is 13.2 Å². The van der Waals surface area contributed by atoms with Crippen LogP contribution in [0.5, 0.6) is 0 Å². The van der Waals surface area contributed by atoms with Gasteiger partial charge in [-0.2, -0.15) is 0 Å². The smallest absolute Gasteiger partial charge is 0.744 e. The largest absolute Gasteiger partial charge is 1.00 e. The molecule has 0 heterocycles. The molecule has 0 N–H and O–H groups in total. The van der Waals surface area contributed by atoms with E-state index in [0.29, 0.717) is 12.8 Å². The van der Waals surface area contributed by atoms with E-state index in [0.717, 1.165) is 76.3 Å². The van der Waals surface area contributed by atoms with Crippen molar-refractivity contribution in [2.45, 2.75) is 237 Å². The maximum Gasteiger partial charge on any atom is 1.00 e. The molecule has 1 aromatic carbocycles. The first-order valence-corrected chi connectivity index (χ1v) is 25.5. The molecule has 0 saturated carbocycles. The third kappa shape index (κ3) is 34.8. The second-order valence-electron chi connectivity index (χ2n) is 16.4. The summed E-state index contributed by atoms with van der Waals surface area (Å²) < 4.78 is 45.9. The van der Waals surface area contributed by atoms with Gasteiger partial charge in [0.05, 0.1) is 29.2 Å². The van der Waals surface area contributed by atoms with Crippen molar-refractivity contribution in [3.8, 4) is 0 Å². The molecule has 334 valence electrons. The predicted molar refractivity (Wildman–Crippen MR) is 242 cm³/mol. The first-order chi connectivity index (χ1) is 28.3. The number of unbranched alkanes of at least 4 members (excludes halogenated alkanes) is 30. The molecule has 0 unspecified atom stereocenters. The molecule has 0 radical (unpaired) electrons. The zero-order valence-corrected chi connectivity index (χ0v) is 41.1. The second kappa shape index (κ2) is 41.9. The average Bonchev–Trinajstić information content (AvgIpc) is 3.21. The van der Waals surface area contributed by atoms with E-state index in [1.807, 2.05) is 0 Å². The van der Waals surface area contributed by atoms with Crippen LogP contribution in [0.4, 0.5) is 0 Å². The van der Waals surface area contributed by atoms with Crippen LogP contribution in [0.2, 0.25) is 0 Å². The van der Waals surface area contributed by atoms with E-state index in [4.69, 9.17) is 9.47 Å². The van der Waals surface area contributed by atoms with Crippen molar-refractivity contribution in [1.29, 1.82) is 0 Å². The minimum atomic E-state index is -4.82. The molecule has 0 aliphatic rings. The predicted octanol–water partition coefficient (Wildman–Crippen LogP) is 12.3. The number of hydrogen-bond donors (Lipinski definition) is 0. The standard InChI is InChI=1S/C50H86O7S.Na/c1-3-5-7-9-11-13-15-17-19-21-23-25-27-29-31-33-35-37-39-43-56-49(51)47-42-41-46(58(53,54)55)45-48(47)50(52)57-44-40-38-36-34-32-30-28-26-24-22-20-18-16-14-12-10-8-6-4-2;/h25-28,41-42,45H,3-24,29-40,43-44H2,1-2H3,(H,53,54,55);/q;+1/p-1/b27-25+,28-26+;. The van der Waals surface area contributed by atoms with Gasteiger partial charge in [-0.25, -0.2) is 18.0 Å². The van der Waals surface area contributed by atoms with Crippen LogP contribution < -0.4 is 29.6 Å². The zero-order valence-electron chi connectivity index (χ0n) is 38.3. The summed E-state index contributed by atoms with van der Waals surface area (Å²) in [5, 5.41) is 0. The molecule has 1 rings (SSSR count). The van der Waals surface area contributed by atoms with Crippen LogP contribution in [0, 0.1) is 0 Å². The Labute approximate surface area is 385 Å². The van der Waals surface area contributed by atoms with E-state index < -0.39 is 27.0 Å². The number of carbonyl (C=O) groups excluding carboxylic acids is 2. The number of ether oxygens (including phenoxy) is 2. The molecule has 0 bridgehead atoms. The van der Waals surface area contributed by atoms with Gasteiger partial charge in [-0.05, 0) is 82.4 Å². The van der Waals surface area contributed by atoms with E-state index in [9.17, 15) is 22.6 Å². The van der Waals surface area contributed by atoms with Gasteiger partial charge in [-0.1, -0.05) is 192 Å². The molecule has 0 amide bonds. The Morgan fingerprint density at radius 3 is 1.07 bits per heavy atom. The molecule has 0 atom stereocenters. The first-order valence-electron chi connectivity index (χ1n) is 24.0.